The van der Waals surface area contributed by atoms with Gasteiger partial charge in [0.15, 0.2) is 0 Å². The Morgan fingerprint density at radius 2 is 1.80 bits per heavy atom. The number of alkyl halides is 1. The lowest BCUT2D eigenvalue weighted by molar-refractivity contribution is 0.0964. The molecule has 1 amide bonds. The van der Waals surface area contributed by atoms with Crippen LogP contribution in [-0.2, 0) is 10.0 Å². The first-order valence-corrected chi connectivity index (χ1v) is 15.7. The SMILES string of the molecule is CNC(=O)c1c(-c2ccc(F)cc2)oc2cc(N(CCCF)S(C)(=O)=O)c(-c3cnnc(-c4cc5c(F)cccc5[nH]4)c3)cc12. The largest absolute Gasteiger partial charge is 0.455 e. The van der Waals surface area contributed by atoms with Gasteiger partial charge in [-0.15, -0.1) is 5.10 Å². The van der Waals surface area contributed by atoms with Crippen LogP contribution in [0.2, 0.25) is 0 Å². The second kappa shape index (κ2) is 11.7. The van der Waals surface area contributed by atoms with E-state index in [1.807, 2.05) is 0 Å². The molecule has 0 radical (unpaired) electrons. The van der Waals surface area contributed by atoms with Crippen LogP contribution in [0.1, 0.15) is 16.8 Å². The normalized spacial score (nSPS) is 11.8. The lowest BCUT2D eigenvalue weighted by Crippen LogP contribution is -2.31. The molecule has 2 N–H and O–H groups in total. The fraction of sp³-hybridized carbons (Fsp3) is 0.156. The molecular weight excluding hydrogens is 607 g/mol. The zero-order valence-electron chi connectivity index (χ0n) is 24.1. The average Bonchev–Trinajstić information content (AvgIpc) is 3.63. The molecule has 0 spiro atoms. The fourth-order valence-electron chi connectivity index (χ4n) is 5.29. The average molecular weight is 634 g/mol. The number of nitrogens with zero attached hydrogens (tertiary/aromatic N) is 3. The molecule has 230 valence electrons. The quantitative estimate of drug-likeness (QED) is 0.188. The Hall–Kier alpha value is -5.17. The summed E-state index contributed by atoms with van der Waals surface area (Å²) in [5.41, 5.74) is 3.01. The molecule has 45 heavy (non-hydrogen) atoms. The number of carbonyl (C=O) groups excluding carboxylic acids is 1. The number of fused-ring (bicyclic) bond motifs is 2. The molecule has 0 aliphatic rings. The van der Waals surface area contributed by atoms with Crippen molar-refractivity contribution in [3.05, 3.63) is 90.1 Å². The minimum atomic E-state index is -3.93. The highest BCUT2D eigenvalue weighted by molar-refractivity contribution is 7.92. The first-order valence-electron chi connectivity index (χ1n) is 13.8. The van der Waals surface area contributed by atoms with Gasteiger partial charge >= 0.3 is 0 Å². The van der Waals surface area contributed by atoms with Crippen LogP contribution in [0.4, 0.5) is 18.9 Å². The highest BCUT2D eigenvalue weighted by Gasteiger charge is 2.27. The molecule has 6 rings (SSSR count). The Labute approximate surface area is 255 Å². The van der Waals surface area contributed by atoms with Crippen LogP contribution in [0.5, 0.6) is 0 Å². The van der Waals surface area contributed by atoms with Gasteiger partial charge in [0.05, 0.1) is 36.1 Å². The first kappa shape index (κ1) is 29.9. The number of anilines is 1. The molecular formula is C32H26F3N5O4S. The lowest BCUT2D eigenvalue weighted by atomic mass is 9.98. The number of carbonyl (C=O) groups is 1. The molecule has 0 atom stereocenters. The van der Waals surface area contributed by atoms with E-state index in [1.165, 1.54) is 49.6 Å². The van der Waals surface area contributed by atoms with Crippen molar-refractivity contribution >= 4 is 43.5 Å². The van der Waals surface area contributed by atoms with Gasteiger partial charge in [0.1, 0.15) is 28.7 Å². The number of nitrogens with one attached hydrogen (secondary N) is 2. The second-order valence-electron chi connectivity index (χ2n) is 10.3. The van der Waals surface area contributed by atoms with Gasteiger partial charge in [-0.05, 0) is 61.0 Å². The van der Waals surface area contributed by atoms with E-state index in [4.69, 9.17) is 4.42 Å². The van der Waals surface area contributed by atoms with Crippen molar-refractivity contribution in [2.45, 2.75) is 6.42 Å². The number of furan rings is 1. The first-order chi connectivity index (χ1) is 21.6. The van der Waals surface area contributed by atoms with Crippen molar-refractivity contribution in [2.75, 3.05) is 30.8 Å². The summed E-state index contributed by atoms with van der Waals surface area (Å²) in [5.74, 6) is -1.23. The van der Waals surface area contributed by atoms with E-state index >= 15 is 0 Å². The number of aromatic amines is 1. The van der Waals surface area contributed by atoms with E-state index in [9.17, 15) is 26.4 Å². The number of sulfonamides is 1. The Morgan fingerprint density at radius 1 is 1.02 bits per heavy atom. The van der Waals surface area contributed by atoms with Crippen LogP contribution in [0.3, 0.4) is 0 Å². The standard InChI is InChI=1S/C32H26F3N5O4S/c1-36-32(41)30-23-14-21(19-13-27(39-37-17-19)26-15-22-24(35)5-3-6-25(22)38-26)28(40(12-4-11-33)45(2,42)43)16-29(23)44-31(30)18-7-9-20(34)10-8-18/h3,5-10,13-17,38H,4,11-12H2,1-2H3,(H,36,41). The molecule has 0 bridgehead atoms. The number of hydrogen-bond acceptors (Lipinski definition) is 6. The summed E-state index contributed by atoms with van der Waals surface area (Å²) in [6.07, 6.45) is 2.36. The summed E-state index contributed by atoms with van der Waals surface area (Å²) in [4.78, 5) is 16.3. The Morgan fingerprint density at radius 3 is 2.49 bits per heavy atom. The summed E-state index contributed by atoms with van der Waals surface area (Å²) in [7, 11) is -2.48. The highest BCUT2D eigenvalue weighted by atomic mass is 32.2. The van der Waals surface area contributed by atoms with Gasteiger partial charge in [0.25, 0.3) is 5.91 Å². The molecule has 0 aliphatic heterocycles. The van der Waals surface area contributed by atoms with Crippen molar-refractivity contribution in [1.82, 2.24) is 20.5 Å². The molecule has 6 aromatic rings. The molecule has 0 fully saturated rings. The zero-order chi connectivity index (χ0) is 31.9. The number of halogens is 3. The van der Waals surface area contributed by atoms with Gasteiger partial charge < -0.3 is 14.7 Å². The van der Waals surface area contributed by atoms with Crippen LogP contribution >= 0.6 is 0 Å². The summed E-state index contributed by atoms with van der Waals surface area (Å²) in [6.45, 7) is -0.924. The fourth-order valence-corrected chi connectivity index (χ4v) is 6.26. The van der Waals surface area contributed by atoms with Gasteiger partial charge in [-0.3, -0.25) is 13.5 Å². The van der Waals surface area contributed by atoms with E-state index < -0.39 is 34.2 Å². The predicted octanol–water partition coefficient (Wildman–Crippen LogP) is 6.47. The topological polar surface area (TPSA) is 121 Å². The van der Waals surface area contributed by atoms with Gasteiger partial charge in [-0.25, -0.2) is 17.2 Å². The lowest BCUT2D eigenvalue weighted by Gasteiger charge is -2.25. The third-order valence-corrected chi connectivity index (χ3v) is 8.56. The predicted molar refractivity (Wildman–Crippen MR) is 166 cm³/mol. The third-order valence-electron chi connectivity index (χ3n) is 7.38. The number of H-pyrrole nitrogens is 1. The second-order valence-corrected chi connectivity index (χ2v) is 12.3. The maximum absolute atomic E-state index is 14.4. The van der Waals surface area contributed by atoms with Crippen molar-refractivity contribution in [2.24, 2.45) is 0 Å². The van der Waals surface area contributed by atoms with E-state index in [1.54, 1.807) is 30.3 Å². The minimum absolute atomic E-state index is 0.0759. The van der Waals surface area contributed by atoms with Gasteiger partial charge in [0.2, 0.25) is 10.0 Å². The Bertz CT molecular complexity index is 2180. The molecule has 0 saturated heterocycles. The molecule has 3 aromatic heterocycles. The highest BCUT2D eigenvalue weighted by Crippen LogP contribution is 2.42. The molecule has 0 aliphatic carbocycles. The van der Waals surface area contributed by atoms with Crippen molar-refractivity contribution < 1.29 is 30.8 Å². The Kier molecular flexibility index (Phi) is 7.79. The van der Waals surface area contributed by atoms with Crippen LogP contribution in [-0.4, -0.2) is 56.0 Å². The van der Waals surface area contributed by atoms with Crippen LogP contribution < -0.4 is 9.62 Å². The summed E-state index contributed by atoms with van der Waals surface area (Å²) in [6, 6.07) is 16.4. The zero-order valence-corrected chi connectivity index (χ0v) is 24.9. The smallest absolute Gasteiger partial charge is 0.255 e. The number of benzene rings is 3. The van der Waals surface area contributed by atoms with Crippen molar-refractivity contribution in [1.29, 1.82) is 0 Å². The van der Waals surface area contributed by atoms with Gasteiger partial charge in [-0.2, -0.15) is 5.10 Å². The molecule has 13 heteroatoms. The Balaban J connectivity index is 1.62. The van der Waals surface area contributed by atoms with Gasteiger partial charge in [0, 0.05) is 52.6 Å². The molecule has 0 saturated carbocycles. The van der Waals surface area contributed by atoms with E-state index in [2.05, 4.69) is 20.5 Å². The van der Waals surface area contributed by atoms with E-state index in [0.29, 0.717) is 44.4 Å². The van der Waals surface area contributed by atoms with E-state index in [-0.39, 0.29) is 35.6 Å². The number of aromatic nitrogens is 3. The maximum Gasteiger partial charge on any atom is 0.255 e. The molecule has 3 heterocycles. The third kappa shape index (κ3) is 5.62. The summed E-state index contributed by atoms with van der Waals surface area (Å²) < 4.78 is 74.8. The van der Waals surface area contributed by atoms with Crippen LogP contribution in [0.15, 0.2) is 77.3 Å². The summed E-state index contributed by atoms with van der Waals surface area (Å²) >= 11 is 0. The maximum atomic E-state index is 14.4. The monoisotopic (exact) mass is 633 g/mol. The number of hydrogen-bond donors (Lipinski definition) is 2. The molecule has 0 unspecified atom stereocenters. The van der Waals surface area contributed by atoms with Crippen LogP contribution in [0.25, 0.3) is 55.7 Å². The van der Waals surface area contributed by atoms with Crippen molar-refractivity contribution in [3.8, 4) is 33.8 Å². The molecule has 9 nitrogen and oxygen atoms in total. The molecule has 3 aromatic carbocycles. The minimum Gasteiger partial charge on any atom is -0.455 e. The van der Waals surface area contributed by atoms with Crippen LogP contribution in [0, 0.1) is 11.6 Å². The van der Waals surface area contributed by atoms with Crippen molar-refractivity contribution in [3.63, 3.8) is 0 Å². The van der Waals surface area contributed by atoms with E-state index in [0.717, 1.165) is 10.6 Å². The number of amides is 1. The van der Waals surface area contributed by atoms with Gasteiger partial charge in [-0.1, -0.05) is 6.07 Å². The number of rotatable bonds is 9. The summed E-state index contributed by atoms with van der Waals surface area (Å²) in [5, 5.41) is 11.7.